The van der Waals surface area contributed by atoms with E-state index in [4.69, 9.17) is 4.74 Å². The SMILES string of the molecule is COC(=O)C1CCN(C(=O)C(C)N(c2cccc([N+](=O)[O-])c2)S(C)(=O)=O)CC1. The molecule has 11 heteroatoms. The van der Waals surface area contributed by atoms with Crippen LogP contribution in [0, 0.1) is 16.0 Å². The van der Waals surface area contributed by atoms with Gasteiger partial charge >= 0.3 is 5.97 Å². The number of hydrogen-bond acceptors (Lipinski definition) is 7. The van der Waals surface area contributed by atoms with Crippen molar-refractivity contribution < 1.29 is 27.7 Å². The minimum atomic E-state index is -3.88. The molecule has 1 amide bonds. The lowest BCUT2D eigenvalue weighted by Gasteiger charge is -2.35. The number of nitro benzene ring substituents is 1. The van der Waals surface area contributed by atoms with Gasteiger partial charge in [-0.15, -0.1) is 0 Å². The largest absolute Gasteiger partial charge is 0.469 e. The highest BCUT2D eigenvalue weighted by atomic mass is 32.2. The quantitative estimate of drug-likeness (QED) is 0.389. The molecule has 10 nitrogen and oxygen atoms in total. The number of sulfonamides is 1. The van der Waals surface area contributed by atoms with Crippen molar-refractivity contribution in [2.24, 2.45) is 5.92 Å². The first-order chi connectivity index (χ1) is 13.1. The Bertz CT molecular complexity index is 863. The summed E-state index contributed by atoms with van der Waals surface area (Å²) in [5, 5.41) is 11.0. The fourth-order valence-corrected chi connectivity index (χ4v) is 4.47. The van der Waals surface area contributed by atoms with E-state index in [-0.39, 0.29) is 23.3 Å². The van der Waals surface area contributed by atoms with Crippen molar-refractivity contribution in [3.8, 4) is 0 Å². The number of anilines is 1. The number of likely N-dealkylation sites (tertiary alicyclic amines) is 1. The lowest BCUT2D eigenvalue weighted by Crippen LogP contribution is -2.51. The maximum Gasteiger partial charge on any atom is 0.308 e. The van der Waals surface area contributed by atoms with E-state index in [1.807, 2.05) is 0 Å². The Hall–Kier alpha value is -2.69. The molecule has 1 unspecified atom stereocenters. The van der Waals surface area contributed by atoms with Crippen LogP contribution in [0.4, 0.5) is 11.4 Å². The number of amides is 1. The molecule has 0 bridgehead atoms. The molecule has 1 aliphatic rings. The zero-order valence-corrected chi connectivity index (χ0v) is 16.7. The number of nitrogens with zero attached hydrogens (tertiary/aromatic N) is 3. The van der Waals surface area contributed by atoms with Crippen LogP contribution in [0.1, 0.15) is 19.8 Å². The summed E-state index contributed by atoms with van der Waals surface area (Å²) in [6.07, 6.45) is 1.81. The van der Waals surface area contributed by atoms with E-state index in [1.165, 1.54) is 37.1 Å². The van der Waals surface area contributed by atoms with Gasteiger partial charge in [0.2, 0.25) is 15.9 Å². The topological polar surface area (TPSA) is 127 Å². The third-order valence-electron chi connectivity index (χ3n) is 4.70. The Balaban J connectivity index is 2.23. The summed E-state index contributed by atoms with van der Waals surface area (Å²) in [5.74, 6) is -1.04. The van der Waals surface area contributed by atoms with Crippen LogP contribution in [0.3, 0.4) is 0 Å². The molecular weight excluding hydrogens is 390 g/mol. The lowest BCUT2D eigenvalue weighted by molar-refractivity contribution is -0.384. The summed E-state index contributed by atoms with van der Waals surface area (Å²) < 4.78 is 30.3. The number of esters is 1. The average molecular weight is 413 g/mol. The molecule has 2 rings (SSSR count). The smallest absolute Gasteiger partial charge is 0.308 e. The summed E-state index contributed by atoms with van der Waals surface area (Å²) in [6.45, 7) is 2.04. The summed E-state index contributed by atoms with van der Waals surface area (Å²) >= 11 is 0. The third-order valence-corrected chi connectivity index (χ3v) is 5.94. The van der Waals surface area contributed by atoms with Crippen LogP contribution in [0.5, 0.6) is 0 Å². The van der Waals surface area contributed by atoms with E-state index in [0.29, 0.717) is 25.9 Å². The molecule has 1 atom stereocenters. The van der Waals surface area contributed by atoms with Crippen LogP contribution < -0.4 is 4.31 Å². The highest BCUT2D eigenvalue weighted by Gasteiger charge is 2.35. The van der Waals surface area contributed by atoms with Gasteiger partial charge in [0.15, 0.2) is 0 Å². The predicted molar refractivity (Wildman–Crippen MR) is 101 cm³/mol. The fraction of sp³-hybridized carbons (Fsp3) is 0.529. The molecule has 0 saturated carbocycles. The molecular formula is C17H23N3O7S. The number of ether oxygens (including phenoxy) is 1. The van der Waals surface area contributed by atoms with Crippen molar-refractivity contribution in [1.29, 1.82) is 0 Å². The number of carbonyl (C=O) groups is 2. The number of piperidine rings is 1. The van der Waals surface area contributed by atoms with Gasteiger partial charge in [0, 0.05) is 25.2 Å². The Kier molecular flexibility index (Phi) is 6.60. The molecule has 1 fully saturated rings. The zero-order valence-electron chi connectivity index (χ0n) is 15.9. The second-order valence-corrected chi connectivity index (χ2v) is 8.49. The summed E-state index contributed by atoms with van der Waals surface area (Å²) in [7, 11) is -2.57. The fourth-order valence-electron chi connectivity index (χ4n) is 3.31. The molecule has 1 aromatic carbocycles. The molecule has 0 aromatic heterocycles. The Labute approximate surface area is 163 Å². The molecule has 1 heterocycles. The number of carbonyl (C=O) groups excluding carboxylic acids is 2. The predicted octanol–water partition coefficient (Wildman–Crippen LogP) is 1.16. The highest BCUT2D eigenvalue weighted by Crippen LogP contribution is 2.27. The van der Waals surface area contributed by atoms with Crippen molar-refractivity contribution in [3.05, 3.63) is 34.4 Å². The number of non-ortho nitro benzene ring substituents is 1. The maximum atomic E-state index is 12.9. The van der Waals surface area contributed by atoms with Gasteiger partial charge in [-0.3, -0.25) is 24.0 Å². The molecule has 28 heavy (non-hydrogen) atoms. The maximum absolute atomic E-state index is 12.9. The minimum absolute atomic E-state index is 0.0435. The monoisotopic (exact) mass is 413 g/mol. The first-order valence-corrected chi connectivity index (χ1v) is 10.5. The van der Waals surface area contributed by atoms with Gasteiger partial charge in [0.25, 0.3) is 5.69 Å². The van der Waals surface area contributed by atoms with Crippen LogP contribution >= 0.6 is 0 Å². The standard InChI is InChI=1S/C17H23N3O7S/c1-12(16(21)18-9-7-13(8-10-18)17(22)27-2)19(28(3,25)26)14-5-4-6-15(11-14)20(23)24/h4-6,11-13H,7-10H2,1-3H3. The van der Waals surface area contributed by atoms with Gasteiger partial charge in [0.05, 0.1) is 29.9 Å². The average Bonchev–Trinajstić information content (AvgIpc) is 2.66. The van der Waals surface area contributed by atoms with E-state index in [2.05, 4.69) is 0 Å². The first-order valence-electron chi connectivity index (χ1n) is 8.66. The van der Waals surface area contributed by atoms with Crippen LogP contribution in [0.15, 0.2) is 24.3 Å². The van der Waals surface area contributed by atoms with Crippen LogP contribution in [0.2, 0.25) is 0 Å². The molecule has 0 radical (unpaired) electrons. The molecule has 0 aliphatic carbocycles. The van der Waals surface area contributed by atoms with Crippen molar-refractivity contribution in [3.63, 3.8) is 0 Å². The Morgan fingerprint density at radius 2 is 1.93 bits per heavy atom. The Morgan fingerprint density at radius 1 is 1.32 bits per heavy atom. The van der Waals surface area contributed by atoms with Gasteiger partial charge < -0.3 is 9.64 Å². The van der Waals surface area contributed by atoms with Crippen molar-refractivity contribution in [2.75, 3.05) is 30.8 Å². The van der Waals surface area contributed by atoms with Gasteiger partial charge in [0.1, 0.15) is 6.04 Å². The van der Waals surface area contributed by atoms with E-state index < -0.39 is 26.9 Å². The van der Waals surface area contributed by atoms with Crippen LogP contribution in [0.25, 0.3) is 0 Å². The summed E-state index contributed by atoms with van der Waals surface area (Å²) in [4.78, 5) is 36.4. The van der Waals surface area contributed by atoms with Crippen LogP contribution in [-0.2, 0) is 24.3 Å². The van der Waals surface area contributed by atoms with E-state index in [9.17, 15) is 28.1 Å². The van der Waals surface area contributed by atoms with Crippen molar-refractivity contribution in [2.45, 2.75) is 25.8 Å². The number of rotatable bonds is 6. The van der Waals surface area contributed by atoms with Crippen molar-refractivity contribution >= 4 is 33.3 Å². The number of methoxy groups -OCH3 is 1. The molecule has 0 spiro atoms. The van der Waals surface area contributed by atoms with Gasteiger partial charge in [-0.2, -0.15) is 0 Å². The molecule has 1 saturated heterocycles. The van der Waals surface area contributed by atoms with E-state index >= 15 is 0 Å². The lowest BCUT2D eigenvalue weighted by atomic mass is 9.96. The molecule has 154 valence electrons. The normalized spacial score (nSPS) is 16.3. The molecule has 0 N–H and O–H groups in total. The van der Waals surface area contributed by atoms with Crippen LogP contribution in [-0.4, -0.2) is 62.6 Å². The minimum Gasteiger partial charge on any atom is -0.469 e. The molecule has 1 aromatic rings. The zero-order chi connectivity index (χ0) is 21.1. The summed E-state index contributed by atoms with van der Waals surface area (Å²) in [5.41, 5.74) is -0.230. The first kappa shape index (κ1) is 21.6. The number of nitro groups is 1. The second kappa shape index (κ2) is 8.55. The van der Waals surface area contributed by atoms with Gasteiger partial charge in [-0.25, -0.2) is 8.42 Å². The van der Waals surface area contributed by atoms with Gasteiger partial charge in [-0.1, -0.05) is 6.07 Å². The summed E-state index contributed by atoms with van der Waals surface area (Å²) in [6, 6.07) is 4.04. The van der Waals surface area contributed by atoms with Gasteiger partial charge in [-0.05, 0) is 25.8 Å². The number of hydrogen-bond donors (Lipinski definition) is 0. The van der Waals surface area contributed by atoms with Crippen molar-refractivity contribution in [1.82, 2.24) is 4.90 Å². The second-order valence-electron chi connectivity index (χ2n) is 6.63. The van der Waals surface area contributed by atoms with E-state index in [1.54, 1.807) is 0 Å². The third kappa shape index (κ3) is 4.77. The number of benzene rings is 1. The highest BCUT2D eigenvalue weighted by molar-refractivity contribution is 7.92. The molecule has 1 aliphatic heterocycles. The Morgan fingerprint density at radius 3 is 2.43 bits per heavy atom. The van der Waals surface area contributed by atoms with E-state index in [0.717, 1.165) is 16.6 Å².